The summed E-state index contributed by atoms with van der Waals surface area (Å²) in [5, 5.41) is 0. The van der Waals surface area contributed by atoms with Crippen LogP contribution in [0.2, 0.25) is 0 Å². The van der Waals surface area contributed by atoms with E-state index in [1.807, 2.05) is 0 Å². The van der Waals surface area contributed by atoms with E-state index in [9.17, 15) is 13.2 Å². The summed E-state index contributed by atoms with van der Waals surface area (Å²) in [6, 6.07) is 3.59. The number of benzene rings is 1. The smallest absolute Gasteiger partial charge is 0.406 e. The molecule has 0 aliphatic carbocycles. The van der Waals surface area contributed by atoms with E-state index >= 15 is 0 Å². The molecule has 92 valence electrons. The third kappa shape index (κ3) is 4.87. The minimum Gasteiger partial charge on any atom is -0.406 e. The highest BCUT2D eigenvalue weighted by Gasteiger charge is 2.31. The summed E-state index contributed by atoms with van der Waals surface area (Å²) in [5.41, 5.74) is 6.15. The molecule has 0 saturated heterocycles. The van der Waals surface area contributed by atoms with Gasteiger partial charge in [0.2, 0.25) is 0 Å². The number of ether oxygens (including phenoxy) is 1. The van der Waals surface area contributed by atoms with Crippen molar-refractivity contribution in [2.45, 2.75) is 12.8 Å². The van der Waals surface area contributed by atoms with E-state index in [0.29, 0.717) is 18.0 Å². The maximum Gasteiger partial charge on any atom is 0.573 e. The summed E-state index contributed by atoms with van der Waals surface area (Å²) in [6.45, 7) is 0. The first kappa shape index (κ1) is 13.5. The fraction of sp³-hybridized carbons (Fsp3) is 0.273. The van der Waals surface area contributed by atoms with Crippen LogP contribution in [0.4, 0.5) is 18.9 Å². The molecule has 0 saturated carbocycles. The van der Waals surface area contributed by atoms with Crippen molar-refractivity contribution >= 4 is 17.3 Å². The second-order valence-electron chi connectivity index (χ2n) is 3.04. The second kappa shape index (κ2) is 5.69. The fourth-order valence-electron chi connectivity index (χ4n) is 1.05. The summed E-state index contributed by atoms with van der Waals surface area (Å²) < 4.78 is 39.7. The molecule has 0 atom stereocenters. The van der Waals surface area contributed by atoms with Crippen molar-refractivity contribution < 1.29 is 17.9 Å². The van der Waals surface area contributed by atoms with Crippen LogP contribution in [0.5, 0.6) is 5.75 Å². The topological polar surface area (TPSA) is 35.2 Å². The highest BCUT2D eigenvalue weighted by atomic mass is 35.5. The molecule has 1 aromatic carbocycles. The predicted octanol–water partition coefficient (Wildman–Crippen LogP) is 3.15. The molecule has 0 amide bonds. The summed E-state index contributed by atoms with van der Waals surface area (Å²) in [5.74, 6) is 5.32. The molecule has 2 N–H and O–H groups in total. The molecule has 1 rings (SSSR count). The third-order valence-electron chi connectivity index (χ3n) is 1.70. The minimum atomic E-state index is -4.73. The Morgan fingerprint density at radius 1 is 1.35 bits per heavy atom. The van der Waals surface area contributed by atoms with Crippen molar-refractivity contribution in [1.82, 2.24) is 0 Å². The Kier molecular flexibility index (Phi) is 4.53. The van der Waals surface area contributed by atoms with Gasteiger partial charge in [0.25, 0.3) is 0 Å². The molecule has 0 spiro atoms. The number of nitrogens with two attached hydrogens (primary N) is 1. The van der Waals surface area contributed by atoms with Crippen molar-refractivity contribution in [3.05, 3.63) is 23.8 Å². The highest BCUT2D eigenvalue weighted by Crippen LogP contribution is 2.25. The van der Waals surface area contributed by atoms with Crippen LogP contribution in [0.3, 0.4) is 0 Å². The standard InChI is InChI=1S/C11H9ClF3NO/c12-6-2-1-3-8-7-9(4-5-10(8)16)17-11(13,14)15/h4-5,7H,2,6,16H2. The number of anilines is 1. The van der Waals surface area contributed by atoms with Gasteiger partial charge in [-0.25, -0.2) is 0 Å². The molecule has 0 aromatic heterocycles. The molecular weight excluding hydrogens is 255 g/mol. The highest BCUT2D eigenvalue weighted by molar-refractivity contribution is 6.18. The molecule has 0 fully saturated rings. The normalized spacial score (nSPS) is 10.6. The van der Waals surface area contributed by atoms with Crippen molar-refractivity contribution in [1.29, 1.82) is 0 Å². The van der Waals surface area contributed by atoms with Crippen molar-refractivity contribution in [3.8, 4) is 17.6 Å². The summed E-state index contributed by atoms with van der Waals surface area (Å²) in [7, 11) is 0. The van der Waals surface area contributed by atoms with Gasteiger partial charge in [0.1, 0.15) is 5.75 Å². The number of hydrogen-bond donors (Lipinski definition) is 1. The quantitative estimate of drug-likeness (QED) is 0.505. The molecule has 0 radical (unpaired) electrons. The Morgan fingerprint density at radius 3 is 2.65 bits per heavy atom. The Hall–Kier alpha value is -1.54. The molecule has 0 bridgehead atoms. The van der Waals surface area contributed by atoms with Crippen molar-refractivity contribution in [2.75, 3.05) is 11.6 Å². The average Bonchev–Trinajstić information content (AvgIpc) is 2.21. The molecule has 2 nitrogen and oxygen atoms in total. The SMILES string of the molecule is Nc1ccc(OC(F)(F)F)cc1C#CCCCl. The van der Waals surface area contributed by atoms with E-state index in [0.717, 1.165) is 12.1 Å². The van der Waals surface area contributed by atoms with E-state index in [1.165, 1.54) is 6.07 Å². The fourth-order valence-corrected chi connectivity index (χ4v) is 1.14. The van der Waals surface area contributed by atoms with Crippen LogP contribution in [0.25, 0.3) is 0 Å². The zero-order valence-electron chi connectivity index (χ0n) is 8.64. The van der Waals surface area contributed by atoms with Gasteiger partial charge in [0, 0.05) is 18.0 Å². The molecule has 0 aliphatic heterocycles. The van der Waals surface area contributed by atoms with E-state index in [4.69, 9.17) is 17.3 Å². The van der Waals surface area contributed by atoms with Gasteiger partial charge in [-0.1, -0.05) is 11.8 Å². The van der Waals surface area contributed by atoms with Gasteiger partial charge in [0.05, 0.1) is 5.56 Å². The predicted molar refractivity (Wildman–Crippen MR) is 59.8 cm³/mol. The van der Waals surface area contributed by atoms with E-state index in [2.05, 4.69) is 16.6 Å². The lowest BCUT2D eigenvalue weighted by Gasteiger charge is -2.09. The molecule has 6 heteroatoms. The van der Waals surface area contributed by atoms with Crippen LogP contribution in [0.1, 0.15) is 12.0 Å². The van der Waals surface area contributed by atoms with E-state index in [-0.39, 0.29) is 11.3 Å². The Bertz CT molecular complexity index is 448. The van der Waals surface area contributed by atoms with Gasteiger partial charge in [-0.05, 0) is 18.2 Å². The summed E-state index contributed by atoms with van der Waals surface area (Å²) >= 11 is 5.42. The number of nitrogen functional groups attached to an aromatic ring is 1. The first-order valence-electron chi connectivity index (χ1n) is 4.62. The summed E-state index contributed by atoms with van der Waals surface area (Å²) in [4.78, 5) is 0. The number of alkyl halides is 4. The van der Waals surface area contributed by atoms with Gasteiger partial charge in [-0.3, -0.25) is 0 Å². The molecular formula is C11H9ClF3NO. The van der Waals surface area contributed by atoms with Gasteiger partial charge in [0.15, 0.2) is 0 Å². The van der Waals surface area contributed by atoms with Gasteiger partial charge >= 0.3 is 6.36 Å². The van der Waals surface area contributed by atoms with Crippen LogP contribution >= 0.6 is 11.6 Å². The molecule has 0 heterocycles. The van der Waals surface area contributed by atoms with Crippen LogP contribution in [-0.4, -0.2) is 12.2 Å². The third-order valence-corrected chi connectivity index (χ3v) is 1.89. The Labute approximate surface area is 102 Å². The number of hydrogen-bond acceptors (Lipinski definition) is 2. The number of halogens is 4. The lowest BCUT2D eigenvalue weighted by Crippen LogP contribution is -2.17. The zero-order valence-corrected chi connectivity index (χ0v) is 9.40. The molecule has 1 aromatic rings. The van der Waals surface area contributed by atoms with Crippen LogP contribution < -0.4 is 10.5 Å². The largest absolute Gasteiger partial charge is 0.573 e. The van der Waals surface area contributed by atoms with Crippen LogP contribution in [0.15, 0.2) is 18.2 Å². The van der Waals surface area contributed by atoms with Crippen LogP contribution in [-0.2, 0) is 0 Å². The molecule has 0 unspecified atom stereocenters. The molecule has 0 aliphatic rings. The maximum atomic E-state index is 12.0. The van der Waals surface area contributed by atoms with E-state index < -0.39 is 6.36 Å². The van der Waals surface area contributed by atoms with Gasteiger partial charge < -0.3 is 10.5 Å². The lowest BCUT2D eigenvalue weighted by molar-refractivity contribution is -0.274. The van der Waals surface area contributed by atoms with Gasteiger partial charge in [-0.2, -0.15) is 0 Å². The number of rotatable bonds is 2. The second-order valence-corrected chi connectivity index (χ2v) is 3.42. The lowest BCUT2D eigenvalue weighted by atomic mass is 10.1. The van der Waals surface area contributed by atoms with Crippen molar-refractivity contribution in [3.63, 3.8) is 0 Å². The first-order valence-corrected chi connectivity index (χ1v) is 5.16. The molecule has 17 heavy (non-hydrogen) atoms. The monoisotopic (exact) mass is 263 g/mol. The van der Waals surface area contributed by atoms with Gasteiger partial charge in [-0.15, -0.1) is 24.8 Å². The first-order chi connectivity index (χ1) is 7.92. The maximum absolute atomic E-state index is 12.0. The Morgan fingerprint density at radius 2 is 2.06 bits per heavy atom. The van der Waals surface area contributed by atoms with E-state index in [1.54, 1.807) is 0 Å². The Balaban J connectivity index is 2.92. The summed E-state index contributed by atoms with van der Waals surface area (Å²) in [6.07, 6.45) is -4.29. The van der Waals surface area contributed by atoms with Crippen molar-refractivity contribution in [2.24, 2.45) is 0 Å². The van der Waals surface area contributed by atoms with Crippen LogP contribution in [0, 0.1) is 11.8 Å². The minimum absolute atomic E-state index is 0.289. The average molecular weight is 264 g/mol. The zero-order chi connectivity index (χ0) is 12.9.